The van der Waals surface area contributed by atoms with Crippen LogP contribution in [0.15, 0.2) is 11.9 Å². The van der Waals surface area contributed by atoms with Gasteiger partial charge in [0.25, 0.3) is 0 Å². The van der Waals surface area contributed by atoms with Gasteiger partial charge in [0.1, 0.15) is 6.17 Å². The van der Waals surface area contributed by atoms with Gasteiger partial charge >= 0.3 is 0 Å². The van der Waals surface area contributed by atoms with E-state index in [9.17, 15) is 8.78 Å². The highest BCUT2D eigenvalue weighted by atomic mass is 19.1. The quantitative estimate of drug-likeness (QED) is 0.661. The Kier molecular flexibility index (Phi) is 6.03. The topological polar surface area (TPSA) is 26.0 Å². The molecule has 0 saturated heterocycles. The molecule has 66 valence electrons. The van der Waals surface area contributed by atoms with E-state index in [4.69, 9.17) is 5.73 Å². The molecule has 0 heterocycles. The van der Waals surface area contributed by atoms with Gasteiger partial charge in [-0.05, 0) is 19.4 Å². The van der Waals surface area contributed by atoms with Crippen molar-refractivity contribution in [3.05, 3.63) is 11.9 Å². The number of hydrogen-bond acceptors (Lipinski definition) is 1. The third-order valence-corrected chi connectivity index (χ3v) is 1.32. The van der Waals surface area contributed by atoms with Crippen LogP contribution in [0.5, 0.6) is 0 Å². The Balaban J connectivity index is 3.56. The van der Waals surface area contributed by atoms with Gasteiger partial charge in [0, 0.05) is 6.42 Å². The molecule has 0 aliphatic heterocycles. The molecule has 1 atom stereocenters. The first-order valence-corrected chi connectivity index (χ1v) is 3.89. The summed E-state index contributed by atoms with van der Waals surface area (Å²) in [6.45, 7) is 2.09. The fourth-order valence-corrected chi connectivity index (χ4v) is 0.799. The van der Waals surface area contributed by atoms with E-state index in [2.05, 4.69) is 0 Å². The smallest absolute Gasteiger partial charge is 0.108 e. The van der Waals surface area contributed by atoms with Crippen LogP contribution in [0.4, 0.5) is 8.78 Å². The lowest BCUT2D eigenvalue weighted by Gasteiger charge is -2.03. The van der Waals surface area contributed by atoms with Crippen LogP contribution in [0.1, 0.15) is 26.2 Å². The van der Waals surface area contributed by atoms with Crippen molar-refractivity contribution < 1.29 is 8.78 Å². The zero-order valence-corrected chi connectivity index (χ0v) is 6.82. The van der Waals surface area contributed by atoms with Crippen molar-refractivity contribution >= 4 is 0 Å². The van der Waals surface area contributed by atoms with Crippen LogP contribution in [0.25, 0.3) is 0 Å². The molecule has 11 heavy (non-hydrogen) atoms. The predicted molar refractivity (Wildman–Crippen MR) is 42.7 cm³/mol. The first kappa shape index (κ1) is 10.6. The van der Waals surface area contributed by atoms with E-state index in [-0.39, 0.29) is 25.2 Å². The van der Waals surface area contributed by atoms with Crippen LogP contribution in [-0.2, 0) is 0 Å². The summed E-state index contributed by atoms with van der Waals surface area (Å²) in [4.78, 5) is 0. The third-order valence-electron chi connectivity index (χ3n) is 1.32. The van der Waals surface area contributed by atoms with E-state index >= 15 is 0 Å². The van der Waals surface area contributed by atoms with Crippen molar-refractivity contribution in [2.24, 2.45) is 5.73 Å². The summed E-state index contributed by atoms with van der Waals surface area (Å²) >= 11 is 0. The summed E-state index contributed by atoms with van der Waals surface area (Å²) in [5, 5.41) is 0. The van der Waals surface area contributed by atoms with Gasteiger partial charge in [-0.3, -0.25) is 0 Å². The minimum Gasteiger partial charge on any atom is -0.330 e. The molecular formula is C8H15F2N. The molecule has 0 bridgehead atoms. The van der Waals surface area contributed by atoms with Crippen molar-refractivity contribution in [3.63, 3.8) is 0 Å². The van der Waals surface area contributed by atoms with Gasteiger partial charge in [0.15, 0.2) is 0 Å². The maximum absolute atomic E-state index is 12.6. The molecule has 0 amide bonds. The molecule has 2 N–H and O–H groups in total. The molecule has 0 aromatic heterocycles. The number of hydrogen-bond donors (Lipinski definition) is 1. The molecule has 0 aliphatic carbocycles. The van der Waals surface area contributed by atoms with Gasteiger partial charge in [-0.25, -0.2) is 8.78 Å². The summed E-state index contributed by atoms with van der Waals surface area (Å²) in [6, 6.07) is 0. The average Bonchev–Trinajstić information content (AvgIpc) is 1.87. The molecule has 0 saturated carbocycles. The van der Waals surface area contributed by atoms with Crippen LogP contribution in [0.2, 0.25) is 0 Å². The van der Waals surface area contributed by atoms with Crippen LogP contribution >= 0.6 is 0 Å². The minimum atomic E-state index is -1.12. The van der Waals surface area contributed by atoms with E-state index in [1.54, 1.807) is 0 Å². The van der Waals surface area contributed by atoms with Crippen molar-refractivity contribution in [2.75, 3.05) is 6.54 Å². The largest absolute Gasteiger partial charge is 0.330 e. The molecule has 0 fully saturated rings. The fraction of sp³-hybridized carbons (Fsp3) is 0.750. The highest BCUT2D eigenvalue weighted by Crippen LogP contribution is 2.12. The zero-order chi connectivity index (χ0) is 8.69. The van der Waals surface area contributed by atoms with Crippen LogP contribution in [0.3, 0.4) is 0 Å². The molecule has 1 nitrogen and oxygen atoms in total. The molecule has 3 heteroatoms. The van der Waals surface area contributed by atoms with Crippen molar-refractivity contribution in [2.45, 2.75) is 32.4 Å². The van der Waals surface area contributed by atoms with E-state index in [0.29, 0.717) is 6.42 Å². The van der Waals surface area contributed by atoms with Gasteiger partial charge in [0.05, 0.1) is 5.83 Å². The monoisotopic (exact) mass is 163 g/mol. The van der Waals surface area contributed by atoms with Crippen molar-refractivity contribution in [1.29, 1.82) is 0 Å². The van der Waals surface area contributed by atoms with E-state index in [1.807, 2.05) is 6.92 Å². The van der Waals surface area contributed by atoms with Crippen LogP contribution in [0, 0.1) is 0 Å². The van der Waals surface area contributed by atoms with Crippen molar-refractivity contribution in [1.82, 2.24) is 0 Å². The third kappa shape index (κ3) is 5.98. The predicted octanol–water partition coefficient (Wildman–Crippen LogP) is 2.33. The summed E-state index contributed by atoms with van der Waals surface area (Å²) in [5.41, 5.74) is 5.10. The number of rotatable bonds is 5. The molecule has 0 aliphatic rings. The lowest BCUT2D eigenvalue weighted by molar-refractivity contribution is 0.299. The molecule has 0 aromatic rings. The number of nitrogens with two attached hydrogens (primary N) is 1. The summed E-state index contributed by atoms with van der Waals surface area (Å²) in [5.74, 6) is -0.367. The minimum absolute atomic E-state index is 0.120. The number of halogens is 2. The van der Waals surface area contributed by atoms with E-state index in [1.165, 1.54) is 6.08 Å². The lowest BCUT2D eigenvalue weighted by atomic mass is 10.2. The summed E-state index contributed by atoms with van der Waals surface area (Å²) in [6.07, 6.45) is 1.00. The van der Waals surface area contributed by atoms with Crippen LogP contribution in [-0.4, -0.2) is 12.7 Å². The van der Waals surface area contributed by atoms with Gasteiger partial charge in [-0.1, -0.05) is 13.0 Å². The molecular weight excluding hydrogens is 148 g/mol. The van der Waals surface area contributed by atoms with Gasteiger partial charge < -0.3 is 5.73 Å². The number of allylic oxidation sites excluding steroid dienone is 2. The Morgan fingerprint density at radius 3 is 2.73 bits per heavy atom. The number of alkyl halides is 1. The fourth-order valence-electron chi connectivity index (χ4n) is 0.799. The Labute approximate surface area is 66.3 Å². The molecule has 1 unspecified atom stereocenters. The van der Waals surface area contributed by atoms with E-state index < -0.39 is 6.17 Å². The highest BCUT2D eigenvalue weighted by molar-refractivity contribution is 4.92. The lowest BCUT2D eigenvalue weighted by Crippen LogP contribution is -2.09. The van der Waals surface area contributed by atoms with Crippen molar-refractivity contribution in [3.8, 4) is 0 Å². The molecule has 0 radical (unpaired) electrons. The summed E-state index contributed by atoms with van der Waals surface area (Å²) in [7, 11) is 0. The maximum Gasteiger partial charge on any atom is 0.108 e. The average molecular weight is 163 g/mol. The second kappa shape index (κ2) is 6.28. The first-order valence-electron chi connectivity index (χ1n) is 3.89. The molecule has 0 aromatic carbocycles. The van der Waals surface area contributed by atoms with Gasteiger partial charge in [-0.2, -0.15) is 0 Å². The Morgan fingerprint density at radius 2 is 2.27 bits per heavy atom. The normalized spacial score (nSPS) is 15.1. The SMILES string of the molecule is CC/C=C(/F)CC(F)CCN. The zero-order valence-electron chi connectivity index (χ0n) is 6.82. The molecule has 0 rings (SSSR count). The Bertz CT molecular complexity index is 123. The standard InChI is InChI=1S/C8H15F2N/c1-2-3-7(9)6-8(10)4-5-11/h3,8H,2,4-6,11H2,1H3/b7-3+. The van der Waals surface area contributed by atoms with Gasteiger partial charge in [-0.15, -0.1) is 0 Å². The van der Waals surface area contributed by atoms with E-state index in [0.717, 1.165) is 0 Å². The van der Waals surface area contributed by atoms with Gasteiger partial charge in [0.2, 0.25) is 0 Å². The highest BCUT2D eigenvalue weighted by Gasteiger charge is 2.07. The second-order valence-electron chi connectivity index (χ2n) is 2.44. The Morgan fingerprint density at radius 1 is 1.64 bits per heavy atom. The second-order valence-corrected chi connectivity index (χ2v) is 2.44. The first-order chi connectivity index (χ1) is 5.20. The molecule has 0 spiro atoms. The summed E-state index contributed by atoms with van der Waals surface area (Å²) < 4.78 is 25.2. The Hall–Kier alpha value is -0.440. The van der Waals surface area contributed by atoms with Crippen LogP contribution < -0.4 is 5.73 Å². The maximum atomic E-state index is 12.6.